The molecule has 0 saturated heterocycles. The summed E-state index contributed by atoms with van der Waals surface area (Å²) in [7, 11) is 1.61. The molecule has 4 fully saturated rings. The molecule has 4 aliphatic carbocycles. The second kappa shape index (κ2) is 8.58. The van der Waals surface area contributed by atoms with Crippen LogP contribution in [0.2, 0.25) is 0 Å². The van der Waals surface area contributed by atoms with Crippen LogP contribution in [-0.4, -0.2) is 36.5 Å². The number of nitrogens with one attached hydrogen (secondary N) is 2. The number of carbonyl (C=O) groups excluding carboxylic acids is 2. The van der Waals surface area contributed by atoms with Crippen LogP contribution < -0.4 is 15.4 Å². The molecule has 2 N–H and O–H groups in total. The Morgan fingerprint density at radius 3 is 2.14 bits per heavy atom. The van der Waals surface area contributed by atoms with Crippen molar-refractivity contribution in [1.82, 2.24) is 5.32 Å². The van der Waals surface area contributed by atoms with Gasteiger partial charge < -0.3 is 15.4 Å². The van der Waals surface area contributed by atoms with Gasteiger partial charge in [-0.1, -0.05) is 0 Å². The second-order valence-electron chi connectivity index (χ2n) is 9.34. The third-order valence-corrected chi connectivity index (χ3v) is 8.15. The number of ether oxygens (including phenoxy) is 1. The van der Waals surface area contributed by atoms with Crippen molar-refractivity contribution < 1.29 is 14.3 Å². The minimum Gasteiger partial charge on any atom is -0.497 e. The summed E-state index contributed by atoms with van der Waals surface area (Å²) in [5.74, 6) is 3.96. The van der Waals surface area contributed by atoms with Crippen molar-refractivity contribution in [2.75, 3.05) is 23.9 Å². The van der Waals surface area contributed by atoms with Crippen LogP contribution in [-0.2, 0) is 9.59 Å². The van der Waals surface area contributed by atoms with Crippen LogP contribution >= 0.6 is 11.8 Å². The molecule has 0 aromatic heterocycles. The number of methoxy groups -OCH3 is 1. The summed E-state index contributed by atoms with van der Waals surface area (Å²) in [6.45, 7) is 2.20. The second-order valence-corrected chi connectivity index (χ2v) is 10.3. The van der Waals surface area contributed by atoms with E-state index in [-0.39, 0.29) is 23.6 Å². The average molecular weight is 417 g/mol. The molecule has 1 aromatic rings. The predicted molar refractivity (Wildman–Crippen MR) is 117 cm³/mol. The number of thioether (sulfide) groups is 1. The number of anilines is 1. The van der Waals surface area contributed by atoms with E-state index in [9.17, 15) is 9.59 Å². The van der Waals surface area contributed by atoms with Crippen LogP contribution in [0.3, 0.4) is 0 Å². The van der Waals surface area contributed by atoms with Gasteiger partial charge in [-0.25, -0.2) is 0 Å². The zero-order valence-electron chi connectivity index (χ0n) is 17.4. The largest absolute Gasteiger partial charge is 0.497 e. The standard InChI is InChI=1S/C23H32N2O3S/c1-15(23-10-16-7-17(11-23)9-18(8-16)12-23)24-21(26)13-29-14-22(27)25-19-3-5-20(28-2)6-4-19/h3-6,15-18H,7-14H2,1-2H3,(H,24,26)(H,25,27). The van der Waals surface area contributed by atoms with E-state index in [2.05, 4.69) is 17.6 Å². The Kier molecular flexibility index (Phi) is 6.09. The molecule has 158 valence electrons. The summed E-state index contributed by atoms with van der Waals surface area (Å²) < 4.78 is 5.11. The lowest BCUT2D eigenvalue weighted by Gasteiger charge is -2.59. The molecule has 0 radical (unpaired) electrons. The first-order chi connectivity index (χ1) is 14.0. The molecular weight excluding hydrogens is 384 g/mol. The Balaban J connectivity index is 1.19. The Hall–Kier alpha value is -1.69. The first-order valence-corrected chi connectivity index (χ1v) is 11.9. The first kappa shape index (κ1) is 20.6. The molecule has 6 heteroatoms. The first-order valence-electron chi connectivity index (χ1n) is 10.8. The van der Waals surface area contributed by atoms with Crippen LogP contribution in [0.5, 0.6) is 5.75 Å². The Labute approximate surface area is 177 Å². The maximum Gasteiger partial charge on any atom is 0.234 e. The minimum atomic E-state index is -0.0953. The van der Waals surface area contributed by atoms with Gasteiger partial charge >= 0.3 is 0 Å². The van der Waals surface area contributed by atoms with Crippen LogP contribution in [0.15, 0.2) is 24.3 Å². The van der Waals surface area contributed by atoms with Gasteiger partial charge in [0.2, 0.25) is 11.8 Å². The molecule has 1 atom stereocenters. The number of amides is 2. The van der Waals surface area contributed by atoms with E-state index in [4.69, 9.17) is 4.74 Å². The highest BCUT2D eigenvalue weighted by Gasteiger charge is 2.53. The van der Waals surface area contributed by atoms with Gasteiger partial charge in [-0.05, 0) is 92.9 Å². The highest BCUT2D eigenvalue weighted by Crippen LogP contribution is 2.61. The highest BCUT2D eigenvalue weighted by molar-refractivity contribution is 8.00. The van der Waals surface area contributed by atoms with Gasteiger partial charge in [0, 0.05) is 11.7 Å². The Morgan fingerprint density at radius 2 is 1.59 bits per heavy atom. The van der Waals surface area contributed by atoms with Gasteiger partial charge in [0.05, 0.1) is 18.6 Å². The average Bonchev–Trinajstić information content (AvgIpc) is 2.67. The lowest BCUT2D eigenvalue weighted by Crippen LogP contribution is -2.56. The molecule has 0 spiro atoms. The molecule has 0 aliphatic heterocycles. The molecule has 1 aromatic carbocycles. The van der Waals surface area contributed by atoms with E-state index in [1.807, 2.05) is 12.1 Å². The molecule has 2 amide bonds. The fourth-order valence-electron chi connectivity index (χ4n) is 6.25. The van der Waals surface area contributed by atoms with Crippen molar-refractivity contribution in [2.24, 2.45) is 23.2 Å². The van der Waals surface area contributed by atoms with Crippen LogP contribution in [0.4, 0.5) is 5.69 Å². The van der Waals surface area contributed by atoms with Gasteiger partial charge in [0.25, 0.3) is 0 Å². The monoisotopic (exact) mass is 416 g/mol. The lowest BCUT2D eigenvalue weighted by molar-refractivity contribution is -0.123. The fraction of sp³-hybridized carbons (Fsp3) is 0.652. The van der Waals surface area contributed by atoms with Gasteiger partial charge in [-0.15, -0.1) is 11.8 Å². The Morgan fingerprint density at radius 1 is 1.03 bits per heavy atom. The SMILES string of the molecule is COc1ccc(NC(=O)CSCC(=O)NC(C)C23CC4CC(CC(C4)C2)C3)cc1. The molecule has 5 nitrogen and oxygen atoms in total. The molecule has 4 saturated carbocycles. The van der Waals surface area contributed by atoms with E-state index in [1.165, 1.54) is 50.3 Å². The lowest BCUT2D eigenvalue weighted by atomic mass is 9.48. The van der Waals surface area contributed by atoms with E-state index in [0.717, 1.165) is 29.2 Å². The highest BCUT2D eigenvalue weighted by atomic mass is 32.2. The summed E-state index contributed by atoms with van der Waals surface area (Å²) in [5, 5.41) is 6.12. The van der Waals surface area contributed by atoms with Crippen LogP contribution in [0.1, 0.15) is 45.4 Å². The number of hydrogen-bond acceptors (Lipinski definition) is 4. The zero-order valence-corrected chi connectivity index (χ0v) is 18.2. The van der Waals surface area contributed by atoms with E-state index >= 15 is 0 Å². The van der Waals surface area contributed by atoms with Crippen molar-refractivity contribution in [1.29, 1.82) is 0 Å². The molecule has 1 unspecified atom stereocenters. The van der Waals surface area contributed by atoms with Crippen LogP contribution in [0, 0.1) is 23.2 Å². The normalized spacial score (nSPS) is 30.6. The number of hydrogen-bond donors (Lipinski definition) is 2. The quantitative estimate of drug-likeness (QED) is 0.670. The third-order valence-electron chi connectivity index (χ3n) is 7.22. The van der Waals surface area contributed by atoms with Gasteiger partial charge in [-0.3, -0.25) is 9.59 Å². The number of carbonyl (C=O) groups is 2. The molecule has 5 rings (SSSR count). The van der Waals surface area contributed by atoms with Crippen molar-refractivity contribution in [3.05, 3.63) is 24.3 Å². The van der Waals surface area contributed by atoms with E-state index in [0.29, 0.717) is 11.2 Å². The third kappa shape index (κ3) is 4.73. The molecule has 0 heterocycles. The maximum absolute atomic E-state index is 12.5. The van der Waals surface area contributed by atoms with E-state index in [1.54, 1.807) is 19.2 Å². The van der Waals surface area contributed by atoms with Crippen molar-refractivity contribution >= 4 is 29.3 Å². The van der Waals surface area contributed by atoms with Gasteiger partial charge in [0.1, 0.15) is 5.75 Å². The summed E-state index contributed by atoms with van der Waals surface area (Å²) >= 11 is 1.37. The molecule has 4 aliphatic rings. The molecule has 29 heavy (non-hydrogen) atoms. The minimum absolute atomic E-state index is 0.0514. The van der Waals surface area contributed by atoms with Crippen molar-refractivity contribution in [2.45, 2.75) is 51.5 Å². The summed E-state index contributed by atoms with van der Waals surface area (Å²) in [4.78, 5) is 24.6. The molecular formula is C23H32N2O3S. The maximum atomic E-state index is 12.5. The number of rotatable bonds is 8. The zero-order chi connectivity index (χ0) is 20.4. The summed E-state index contributed by atoms with van der Waals surface area (Å²) in [6, 6.07) is 7.46. The summed E-state index contributed by atoms with van der Waals surface area (Å²) in [6.07, 6.45) is 8.12. The van der Waals surface area contributed by atoms with Crippen LogP contribution in [0.25, 0.3) is 0 Å². The molecule has 4 bridgehead atoms. The van der Waals surface area contributed by atoms with Gasteiger partial charge in [0.15, 0.2) is 0 Å². The number of benzene rings is 1. The predicted octanol–water partition coefficient (Wildman–Crippen LogP) is 4.09. The fourth-order valence-corrected chi connectivity index (χ4v) is 6.88. The van der Waals surface area contributed by atoms with Crippen molar-refractivity contribution in [3.63, 3.8) is 0 Å². The van der Waals surface area contributed by atoms with E-state index < -0.39 is 0 Å². The van der Waals surface area contributed by atoms with Gasteiger partial charge in [-0.2, -0.15) is 0 Å². The van der Waals surface area contributed by atoms with Crippen molar-refractivity contribution in [3.8, 4) is 5.75 Å². The Bertz CT molecular complexity index is 714. The topological polar surface area (TPSA) is 67.4 Å². The smallest absolute Gasteiger partial charge is 0.234 e. The summed E-state index contributed by atoms with van der Waals surface area (Å²) in [5.41, 5.74) is 1.05.